The van der Waals surface area contributed by atoms with Crippen molar-refractivity contribution >= 4 is 11.3 Å². The van der Waals surface area contributed by atoms with Crippen LogP contribution < -0.4 is 0 Å². The molecule has 1 aromatic rings. The van der Waals surface area contributed by atoms with E-state index in [1.54, 1.807) is 0 Å². The summed E-state index contributed by atoms with van der Waals surface area (Å²) >= 11 is 1.87. The second-order valence-electron chi connectivity index (χ2n) is 6.83. The van der Waals surface area contributed by atoms with Crippen LogP contribution in [0.15, 0.2) is 17.5 Å². The Labute approximate surface area is 137 Å². The van der Waals surface area contributed by atoms with Gasteiger partial charge in [-0.15, -0.1) is 11.3 Å². The second-order valence-corrected chi connectivity index (χ2v) is 7.87. The fourth-order valence-corrected chi connectivity index (χ4v) is 4.89. The maximum Gasteiger partial charge on any atom is 0.0870 e. The lowest BCUT2D eigenvalue weighted by atomic mass is 10.1. The van der Waals surface area contributed by atoms with Crippen molar-refractivity contribution in [3.05, 3.63) is 22.4 Å². The van der Waals surface area contributed by atoms with E-state index in [-0.39, 0.29) is 0 Å². The molecule has 0 radical (unpaired) electrons. The zero-order valence-electron chi connectivity index (χ0n) is 13.3. The highest BCUT2D eigenvalue weighted by molar-refractivity contribution is 7.09. The first-order chi connectivity index (χ1) is 10.9. The molecule has 1 aromatic heterocycles. The van der Waals surface area contributed by atoms with E-state index in [0.29, 0.717) is 12.1 Å². The molecular weight excluding hydrogens is 294 g/mol. The average molecular weight is 321 g/mol. The molecule has 3 saturated heterocycles. The third kappa shape index (κ3) is 3.39. The standard InChI is InChI=1S/C17H27N3OS/c1-2-6-18(5-1)7-8-20-9-10-21-17-14-19(13-16(17)20)12-15-4-3-11-22-15/h3-4,11,16-17H,1-2,5-10,12-14H2/t16-,17+/m0/s1. The number of fused-ring (bicyclic) bond motifs is 1. The predicted octanol–water partition coefficient (Wildman–Crippen LogP) is 1.73. The van der Waals surface area contributed by atoms with Gasteiger partial charge >= 0.3 is 0 Å². The molecule has 3 fully saturated rings. The summed E-state index contributed by atoms with van der Waals surface area (Å²) in [6.07, 6.45) is 3.21. The molecule has 2 atom stereocenters. The zero-order chi connectivity index (χ0) is 14.8. The lowest BCUT2D eigenvalue weighted by Gasteiger charge is -2.37. The zero-order valence-corrected chi connectivity index (χ0v) is 14.1. The van der Waals surface area contributed by atoms with Gasteiger partial charge in [-0.25, -0.2) is 0 Å². The van der Waals surface area contributed by atoms with Crippen molar-refractivity contribution < 1.29 is 4.74 Å². The van der Waals surface area contributed by atoms with E-state index < -0.39 is 0 Å². The average Bonchev–Trinajstić information content (AvgIpc) is 3.26. The Kier molecular flexibility index (Phi) is 4.78. The number of morpholine rings is 1. The van der Waals surface area contributed by atoms with E-state index in [2.05, 4.69) is 32.2 Å². The molecule has 0 unspecified atom stereocenters. The molecule has 0 amide bonds. The van der Waals surface area contributed by atoms with Gasteiger partial charge in [-0.05, 0) is 37.4 Å². The summed E-state index contributed by atoms with van der Waals surface area (Å²) in [5, 5.41) is 2.18. The van der Waals surface area contributed by atoms with E-state index in [4.69, 9.17) is 4.74 Å². The van der Waals surface area contributed by atoms with Crippen molar-refractivity contribution in [2.75, 3.05) is 52.4 Å². The van der Waals surface area contributed by atoms with Gasteiger partial charge in [0.25, 0.3) is 0 Å². The summed E-state index contributed by atoms with van der Waals surface area (Å²) < 4.78 is 6.06. The van der Waals surface area contributed by atoms with Crippen LogP contribution in [-0.4, -0.2) is 79.3 Å². The molecular formula is C17H27N3OS. The molecule has 4 rings (SSSR count). The Balaban J connectivity index is 1.32. The van der Waals surface area contributed by atoms with Gasteiger partial charge in [0.15, 0.2) is 0 Å². The van der Waals surface area contributed by atoms with Crippen molar-refractivity contribution in [2.45, 2.75) is 31.5 Å². The van der Waals surface area contributed by atoms with Crippen LogP contribution in [0.2, 0.25) is 0 Å². The SMILES string of the molecule is c1csc(CN2C[C@H]3OCCN(CCN4CCCC4)[C@H]3C2)c1. The molecule has 4 heterocycles. The number of thiophene rings is 1. The summed E-state index contributed by atoms with van der Waals surface area (Å²) in [4.78, 5) is 9.38. The first kappa shape index (κ1) is 15.1. The molecule has 0 N–H and O–H groups in total. The van der Waals surface area contributed by atoms with Crippen molar-refractivity contribution in [3.63, 3.8) is 0 Å². The first-order valence-corrected chi connectivity index (χ1v) is 9.59. The van der Waals surface area contributed by atoms with Crippen molar-refractivity contribution in [1.82, 2.24) is 14.7 Å². The fourth-order valence-electron chi connectivity index (χ4n) is 4.14. The normalized spacial score (nSPS) is 30.9. The molecule has 122 valence electrons. The van der Waals surface area contributed by atoms with Gasteiger partial charge < -0.3 is 9.64 Å². The van der Waals surface area contributed by atoms with Crippen molar-refractivity contribution in [3.8, 4) is 0 Å². The summed E-state index contributed by atoms with van der Waals surface area (Å²) in [6, 6.07) is 5.01. The summed E-state index contributed by atoms with van der Waals surface area (Å²) in [7, 11) is 0. The van der Waals surface area contributed by atoms with Crippen molar-refractivity contribution in [2.24, 2.45) is 0 Å². The maximum absolute atomic E-state index is 6.06. The Morgan fingerprint density at radius 2 is 2.00 bits per heavy atom. The monoisotopic (exact) mass is 321 g/mol. The number of nitrogens with zero attached hydrogens (tertiary/aromatic N) is 3. The van der Waals surface area contributed by atoms with Gasteiger partial charge in [-0.3, -0.25) is 9.80 Å². The quantitative estimate of drug-likeness (QED) is 0.822. The molecule has 0 bridgehead atoms. The Bertz CT molecular complexity index is 460. The minimum absolute atomic E-state index is 0.423. The Morgan fingerprint density at radius 3 is 2.82 bits per heavy atom. The molecule has 0 aromatic carbocycles. The highest BCUT2D eigenvalue weighted by Gasteiger charge is 2.39. The van der Waals surface area contributed by atoms with E-state index in [9.17, 15) is 0 Å². The molecule has 3 aliphatic heterocycles. The van der Waals surface area contributed by atoms with Crippen LogP contribution in [0.4, 0.5) is 0 Å². The second kappa shape index (κ2) is 6.97. The molecule has 4 nitrogen and oxygen atoms in total. The van der Waals surface area contributed by atoms with Crippen LogP contribution in [-0.2, 0) is 11.3 Å². The summed E-state index contributed by atoms with van der Waals surface area (Å²) in [6.45, 7) is 10.5. The van der Waals surface area contributed by atoms with Crippen LogP contribution in [0.5, 0.6) is 0 Å². The molecule has 5 heteroatoms. The molecule has 3 aliphatic rings. The summed E-state index contributed by atoms with van der Waals surface area (Å²) in [5.74, 6) is 0. The number of hydrogen-bond acceptors (Lipinski definition) is 5. The lowest BCUT2D eigenvalue weighted by Crippen LogP contribution is -2.52. The van der Waals surface area contributed by atoms with Crippen LogP contribution in [0, 0.1) is 0 Å². The van der Waals surface area contributed by atoms with Crippen LogP contribution >= 0.6 is 11.3 Å². The van der Waals surface area contributed by atoms with E-state index in [1.165, 1.54) is 50.4 Å². The van der Waals surface area contributed by atoms with E-state index in [1.807, 2.05) is 11.3 Å². The van der Waals surface area contributed by atoms with E-state index in [0.717, 1.165) is 26.2 Å². The number of likely N-dealkylation sites (tertiary alicyclic amines) is 2. The minimum Gasteiger partial charge on any atom is -0.374 e. The lowest BCUT2D eigenvalue weighted by molar-refractivity contribution is -0.0488. The van der Waals surface area contributed by atoms with Crippen LogP contribution in [0.3, 0.4) is 0 Å². The highest BCUT2D eigenvalue weighted by Crippen LogP contribution is 2.25. The third-order valence-corrected chi connectivity index (χ3v) is 6.21. The summed E-state index contributed by atoms with van der Waals surface area (Å²) in [5.41, 5.74) is 0. The van der Waals surface area contributed by atoms with Crippen LogP contribution in [0.1, 0.15) is 17.7 Å². The van der Waals surface area contributed by atoms with Gasteiger partial charge in [-0.2, -0.15) is 0 Å². The number of hydrogen-bond donors (Lipinski definition) is 0. The third-order valence-electron chi connectivity index (χ3n) is 5.35. The fraction of sp³-hybridized carbons (Fsp3) is 0.765. The predicted molar refractivity (Wildman–Crippen MR) is 90.4 cm³/mol. The first-order valence-electron chi connectivity index (χ1n) is 8.71. The Morgan fingerprint density at radius 1 is 1.09 bits per heavy atom. The topological polar surface area (TPSA) is 19.0 Å². The van der Waals surface area contributed by atoms with E-state index >= 15 is 0 Å². The molecule has 0 saturated carbocycles. The Hall–Kier alpha value is -0.460. The molecule has 22 heavy (non-hydrogen) atoms. The highest BCUT2D eigenvalue weighted by atomic mass is 32.1. The minimum atomic E-state index is 0.423. The molecule has 0 aliphatic carbocycles. The number of rotatable bonds is 5. The van der Waals surface area contributed by atoms with Gasteiger partial charge in [0, 0.05) is 50.2 Å². The van der Waals surface area contributed by atoms with Crippen LogP contribution in [0.25, 0.3) is 0 Å². The largest absolute Gasteiger partial charge is 0.374 e. The number of ether oxygens (including phenoxy) is 1. The van der Waals surface area contributed by atoms with Gasteiger partial charge in [0.1, 0.15) is 0 Å². The maximum atomic E-state index is 6.06. The molecule has 0 spiro atoms. The van der Waals surface area contributed by atoms with Gasteiger partial charge in [0.05, 0.1) is 12.7 Å². The van der Waals surface area contributed by atoms with Crippen molar-refractivity contribution in [1.29, 1.82) is 0 Å². The van der Waals surface area contributed by atoms with Gasteiger partial charge in [0.2, 0.25) is 0 Å². The smallest absolute Gasteiger partial charge is 0.0870 e. The van der Waals surface area contributed by atoms with Gasteiger partial charge in [-0.1, -0.05) is 6.07 Å².